The first kappa shape index (κ1) is 15.1. The second-order valence-corrected chi connectivity index (χ2v) is 5.41. The summed E-state index contributed by atoms with van der Waals surface area (Å²) in [5.74, 6) is 0. The predicted molar refractivity (Wildman–Crippen MR) is 83.3 cm³/mol. The fraction of sp³-hybridized carbons (Fsp3) is 0.235. The van der Waals surface area contributed by atoms with Gasteiger partial charge in [0, 0.05) is 12.7 Å². The zero-order chi connectivity index (χ0) is 15.5. The quantitative estimate of drug-likeness (QED) is 0.687. The zero-order valence-corrected chi connectivity index (χ0v) is 12.5. The minimum atomic E-state index is -0.818. The van der Waals surface area contributed by atoms with Gasteiger partial charge in [0.1, 0.15) is 0 Å². The number of amides is 2. The van der Waals surface area contributed by atoms with Crippen molar-refractivity contribution in [2.75, 3.05) is 11.9 Å². The van der Waals surface area contributed by atoms with Gasteiger partial charge in [0.15, 0.2) is 0 Å². The van der Waals surface area contributed by atoms with Crippen LogP contribution < -0.4 is 4.90 Å². The molecule has 4 heteroatoms. The third-order valence-electron chi connectivity index (χ3n) is 3.62. The third kappa shape index (κ3) is 3.06. The molecule has 1 N–H and O–H groups in total. The number of anilines is 1. The van der Waals surface area contributed by atoms with E-state index >= 15 is 0 Å². The molecule has 2 aromatic rings. The van der Waals surface area contributed by atoms with E-state index in [9.17, 15) is 10.0 Å². The molecule has 2 rings (SSSR count). The van der Waals surface area contributed by atoms with E-state index in [4.69, 9.17) is 0 Å². The Kier molecular flexibility index (Phi) is 4.29. The van der Waals surface area contributed by atoms with Crippen LogP contribution in [0.25, 0.3) is 0 Å². The van der Waals surface area contributed by atoms with Crippen molar-refractivity contribution < 1.29 is 10.0 Å². The number of carbonyl (C=O) groups is 1. The van der Waals surface area contributed by atoms with Gasteiger partial charge in [-0.05, 0) is 31.5 Å². The van der Waals surface area contributed by atoms with Crippen molar-refractivity contribution in [3.05, 3.63) is 66.2 Å². The summed E-state index contributed by atoms with van der Waals surface area (Å²) in [6.07, 6.45) is 0. The van der Waals surface area contributed by atoms with Crippen molar-refractivity contribution in [1.82, 2.24) is 5.06 Å². The number of para-hydroxylation sites is 1. The molecule has 0 unspecified atom stereocenters. The van der Waals surface area contributed by atoms with E-state index in [2.05, 4.69) is 0 Å². The highest BCUT2D eigenvalue weighted by Crippen LogP contribution is 2.27. The van der Waals surface area contributed by atoms with Gasteiger partial charge in [-0.1, -0.05) is 48.5 Å². The van der Waals surface area contributed by atoms with Crippen LogP contribution in [0.2, 0.25) is 0 Å². The van der Waals surface area contributed by atoms with Crippen molar-refractivity contribution >= 4 is 11.7 Å². The lowest BCUT2D eigenvalue weighted by Crippen LogP contribution is -2.49. The fourth-order valence-electron chi connectivity index (χ4n) is 2.11. The summed E-state index contributed by atoms with van der Waals surface area (Å²) in [4.78, 5) is 13.9. The van der Waals surface area contributed by atoms with Crippen molar-refractivity contribution in [1.29, 1.82) is 0 Å². The van der Waals surface area contributed by atoms with Crippen LogP contribution in [0.5, 0.6) is 0 Å². The summed E-state index contributed by atoms with van der Waals surface area (Å²) in [5, 5.41) is 11.1. The van der Waals surface area contributed by atoms with E-state index < -0.39 is 11.6 Å². The number of carbonyl (C=O) groups excluding carboxylic acids is 1. The summed E-state index contributed by atoms with van der Waals surface area (Å²) in [7, 11) is 1.64. The summed E-state index contributed by atoms with van der Waals surface area (Å²) in [5.41, 5.74) is 0.772. The molecule has 2 amide bonds. The molecule has 0 aromatic heterocycles. The minimum Gasteiger partial charge on any atom is -0.296 e. The standard InChI is InChI=1S/C17H20N2O2/c1-17(2,14-10-6-4-7-11-14)19(21)16(20)18(3)15-12-8-5-9-13-15/h4-13,21H,1-3H3. The van der Waals surface area contributed by atoms with Crippen molar-refractivity contribution in [2.45, 2.75) is 19.4 Å². The van der Waals surface area contributed by atoms with Gasteiger partial charge >= 0.3 is 6.03 Å². The maximum atomic E-state index is 12.5. The second-order valence-electron chi connectivity index (χ2n) is 5.41. The summed E-state index contributed by atoms with van der Waals surface area (Å²) < 4.78 is 0. The third-order valence-corrected chi connectivity index (χ3v) is 3.62. The van der Waals surface area contributed by atoms with Gasteiger partial charge in [0.05, 0.1) is 5.54 Å². The largest absolute Gasteiger partial charge is 0.348 e. The maximum absolute atomic E-state index is 12.5. The van der Waals surface area contributed by atoms with E-state index in [-0.39, 0.29) is 0 Å². The van der Waals surface area contributed by atoms with E-state index in [1.165, 1.54) is 4.90 Å². The summed E-state index contributed by atoms with van der Waals surface area (Å²) in [6.45, 7) is 3.61. The zero-order valence-electron chi connectivity index (χ0n) is 12.5. The number of hydroxylamine groups is 2. The van der Waals surface area contributed by atoms with Gasteiger partial charge in [-0.2, -0.15) is 5.06 Å². The lowest BCUT2D eigenvalue weighted by Gasteiger charge is -2.36. The van der Waals surface area contributed by atoms with E-state index in [0.717, 1.165) is 16.3 Å². The van der Waals surface area contributed by atoms with Gasteiger partial charge < -0.3 is 0 Å². The molecule has 0 aliphatic heterocycles. The molecule has 0 radical (unpaired) electrons. The van der Waals surface area contributed by atoms with Crippen LogP contribution in [0.15, 0.2) is 60.7 Å². The van der Waals surface area contributed by atoms with E-state index in [1.54, 1.807) is 20.9 Å². The summed E-state index contributed by atoms with van der Waals surface area (Å²) in [6, 6.07) is 18.2. The molecule has 110 valence electrons. The predicted octanol–water partition coefficient (Wildman–Crippen LogP) is 3.87. The van der Waals surface area contributed by atoms with Crippen LogP contribution >= 0.6 is 0 Å². The Balaban J connectivity index is 2.23. The molecule has 0 spiro atoms. The van der Waals surface area contributed by atoms with Crippen LogP contribution in [0.3, 0.4) is 0 Å². The number of nitrogens with zero attached hydrogens (tertiary/aromatic N) is 2. The molecule has 0 fully saturated rings. The van der Waals surface area contributed by atoms with Crippen LogP contribution in [0, 0.1) is 0 Å². The molecule has 0 heterocycles. The minimum absolute atomic E-state index is 0.477. The maximum Gasteiger partial charge on any atom is 0.348 e. The van der Waals surface area contributed by atoms with Crippen LogP contribution in [-0.2, 0) is 5.54 Å². The molecule has 21 heavy (non-hydrogen) atoms. The van der Waals surface area contributed by atoms with Crippen molar-refractivity contribution in [3.63, 3.8) is 0 Å². The first-order valence-corrected chi connectivity index (χ1v) is 6.82. The monoisotopic (exact) mass is 284 g/mol. The van der Waals surface area contributed by atoms with Gasteiger partial charge in [-0.15, -0.1) is 0 Å². The Morgan fingerprint density at radius 3 is 1.95 bits per heavy atom. The lowest BCUT2D eigenvalue weighted by atomic mass is 9.94. The number of hydrogen-bond acceptors (Lipinski definition) is 2. The van der Waals surface area contributed by atoms with Gasteiger partial charge in [0.25, 0.3) is 0 Å². The molecule has 0 saturated carbocycles. The lowest BCUT2D eigenvalue weighted by molar-refractivity contribution is -0.114. The van der Waals surface area contributed by atoms with E-state index in [0.29, 0.717) is 0 Å². The number of hydrogen-bond donors (Lipinski definition) is 1. The second kappa shape index (κ2) is 5.97. The molecule has 4 nitrogen and oxygen atoms in total. The molecule has 0 aliphatic rings. The number of rotatable bonds is 3. The first-order chi connectivity index (χ1) is 9.94. The normalized spacial score (nSPS) is 11.0. The molecule has 0 bridgehead atoms. The first-order valence-electron chi connectivity index (χ1n) is 6.82. The average Bonchev–Trinajstić information content (AvgIpc) is 2.54. The molecular formula is C17H20N2O2. The SMILES string of the molecule is CN(C(=O)N(O)C(C)(C)c1ccccc1)c1ccccc1. The topological polar surface area (TPSA) is 43.8 Å². The number of urea groups is 1. The highest BCUT2D eigenvalue weighted by atomic mass is 16.5. The van der Waals surface area contributed by atoms with Crippen LogP contribution in [-0.4, -0.2) is 23.3 Å². The molecule has 0 aliphatic carbocycles. The Labute approximate surface area is 125 Å². The smallest absolute Gasteiger partial charge is 0.296 e. The highest BCUT2D eigenvalue weighted by Gasteiger charge is 2.33. The summed E-state index contributed by atoms with van der Waals surface area (Å²) >= 11 is 0. The number of benzene rings is 2. The fourth-order valence-corrected chi connectivity index (χ4v) is 2.11. The van der Waals surface area contributed by atoms with Crippen molar-refractivity contribution in [3.8, 4) is 0 Å². The Hall–Kier alpha value is -2.33. The van der Waals surface area contributed by atoms with Crippen LogP contribution in [0.1, 0.15) is 19.4 Å². The molecule has 0 saturated heterocycles. The van der Waals surface area contributed by atoms with Crippen LogP contribution in [0.4, 0.5) is 10.5 Å². The van der Waals surface area contributed by atoms with Gasteiger partial charge in [0.2, 0.25) is 0 Å². The molecular weight excluding hydrogens is 264 g/mol. The van der Waals surface area contributed by atoms with Gasteiger partial charge in [-0.25, -0.2) is 4.79 Å². The van der Waals surface area contributed by atoms with Gasteiger partial charge in [-0.3, -0.25) is 10.1 Å². The van der Waals surface area contributed by atoms with E-state index in [1.807, 2.05) is 60.7 Å². The Morgan fingerprint density at radius 1 is 0.952 bits per heavy atom. The molecule has 0 atom stereocenters. The Bertz CT molecular complexity index is 597. The average molecular weight is 284 g/mol. The highest BCUT2D eigenvalue weighted by molar-refractivity contribution is 5.91. The Morgan fingerprint density at radius 2 is 1.43 bits per heavy atom. The van der Waals surface area contributed by atoms with Crippen molar-refractivity contribution in [2.24, 2.45) is 0 Å². The molecule has 2 aromatic carbocycles.